The number of hydrogen-bond donors (Lipinski definition) is 1. The molecule has 0 fully saturated rings. The fourth-order valence-corrected chi connectivity index (χ4v) is 2.27. The molecule has 94 valence electrons. The van der Waals surface area contributed by atoms with Gasteiger partial charge in [0.25, 0.3) is 0 Å². The van der Waals surface area contributed by atoms with Crippen molar-refractivity contribution >= 4 is 29.1 Å². The number of hydrogen-bond acceptors (Lipinski definition) is 5. The molecule has 0 aliphatic heterocycles. The summed E-state index contributed by atoms with van der Waals surface area (Å²) in [5.74, 6) is 0.439. The third kappa shape index (κ3) is 3.05. The summed E-state index contributed by atoms with van der Waals surface area (Å²) < 4.78 is 5.34. The van der Waals surface area contributed by atoms with Gasteiger partial charge in [-0.1, -0.05) is 11.6 Å². The van der Waals surface area contributed by atoms with Gasteiger partial charge in [0.2, 0.25) is 5.88 Å². The normalized spacial score (nSPS) is 10.3. The molecule has 6 heteroatoms. The van der Waals surface area contributed by atoms with Crippen LogP contribution in [0, 0.1) is 0 Å². The molecule has 2 N–H and O–H groups in total. The van der Waals surface area contributed by atoms with Crippen LogP contribution in [0.4, 0.5) is 5.69 Å². The molecule has 2 rings (SSSR count). The second-order valence-corrected chi connectivity index (χ2v) is 4.79. The Kier molecular flexibility index (Phi) is 4.28. The highest BCUT2D eigenvalue weighted by Crippen LogP contribution is 2.32. The Morgan fingerprint density at radius 3 is 2.94 bits per heavy atom. The van der Waals surface area contributed by atoms with Crippen LogP contribution in [0.25, 0.3) is 0 Å². The maximum atomic E-state index is 6.04. The van der Waals surface area contributed by atoms with Gasteiger partial charge in [0.1, 0.15) is 10.1 Å². The van der Waals surface area contributed by atoms with Crippen molar-refractivity contribution in [1.29, 1.82) is 0 Å². The second-order valence-electron chi connectivity index (χ2n) is 3.37. The van der Waals surface area contributed by atoms with Gasteiger partial charge in [-0.25, -0.2) is 9.97 Å². The Hall–Kier alpha value is -1.46. The number of pyridine rings is 2. The van der Waals surface area contributed by atoms with Gasteiger partial charge < -0.3 is 10.5 Å². The zero-order valence-corrected chi connectivity index (χ0v) is 11.3. The highest BCUT2D eigenvalue weighted by Gasteiger charge is 2.08. The number of nitrogens with two attached hydrogens (primary N) is 1. The summed E-state index contributed by atoms with van der Waals surface area (Å²) in [6, 6.07) is 7.15. The largest absolute Gasteiger partial charge is 0.476 e. The van der Waals surface area contributed by atoms with E-state index in [1.807, 2.05) is 13.0 Å². The van der Waals surface area contributed by atoms with Gasteiger partial charge in [-0.05, 0) is 43.0 Å². The van der Waals surface area contributed by atoms with Crippen molar-refractivity contribution in [3.05, 3.63) is 35.5 Å². The van der Waals surface area contributed by atoms with Gasteiger partial charge >= 0.3 is 0 Å². The molecular formula is C12H12ClN3OS. The SMILES string of the molecule is CCOc1nc(Sc2ncccc2Cl)ccc1N. The molecule has 0 unspecified atom stereocenters. The maximum absolute atomic E-state index is 6.04. The Labute approximate surface area is 115 Å². The Balaban J connectivity index is 2.24. The first-order chi connectivity index (χ1) is 8.70. The van der Waals surface area contributed by atoms with Crippen molar-refractivity contribution in [2.75, 3.05) is 12.3 Å². The minimum absolute atomic E-state index is 0.439. The summed E-state index contributed by atoms with van der Waals surface area (Å²) in [6.45, 7) is 2.41. The number of anilines is 1. The van der Waals surface area contributed by atoms with Gasteiger partial charge in [-0.3, -0.25) is 0 Å². The van der Waals surface area contributed by atoms with E-state index in [2.05, 4.69) is 9.97 Å². The molecule has 0 aromatic carbocycles. The quantitative estimate of drug-likeness (QED) is 0.932. The lowest BCUT2D eigenvalue weighted by molar-refractivity contribution is 0.326. The number of nitrogen functional groups attached to an aromatic ring is 1. The molecule has 0 saturated heterocycles. The van der Waals surface area contributed by atoms with Crippen molar-refractivity contribution in [2.45, 2.75) is 17.0 Å². The lowest BCUT2D eigenvalue weighted by atomic mass is 10.4. The summed E-state index contributed by atoms with van der Waals surface area (Å²) in [5.41, 5.74) is 6.28. The fourth-order valence-electron chi connectivity index (χ4n) is 1.29. The first kappa shape index (κ1) is 13.0. The summed E-state index contributed by atoms with van der Waals surface area (Å²) >= 11 is 7.41. The van der Waals surface area contributed by atoms with Crippen molar-refractivity contribution in [3.8, 4) is 5.88 Å². The van der Waals surface area contributed by atoms with E-state index in [0.29, 0.717) is 28.2 Å². The fraction of sp³-hybridized carbons (Fsp3) is 0.167. The molecular weight excluding hydrogens is 270 g/mol. The van der Waals surface area contributed by atoms with Crippen molar-refractivity contribution < 1.29 is 4.74 Å². The molecule has 4 nitrogen and oxygen atoms in total. The second kappa shape index (κ2) is 5.93. The van der Waals surface area contributed by atoms with E-state index in [1.54, 1.807) is 24.4 Å². The van der Waals surface area contributed by atoms with E-state index in [0.717, 1.165) is 5.03 Å². The number of nitrogens with zero attached hydrogens (tertiary/aromatic N) is 2. The molecule has 0 aliphatic rings. The number of halogens is 1. The molecule has 0 saturated carbocycles. The third-order valence-electron chi connectivity index (χ3n) is 2.07. The van der Waals surface area contributed by atoms with Crippen LogP contribution in [0.3, 0.4) is 0 Å². The monoisotopic (exact) mass is 281 g/mol. The zero-order chi connectivity index (χ0) is 13.0. The van der Waals surface area contributed by atoms with Gasteiger partial charge in [0, 0.05) is 6.20 Å². The molecule has 0 radical (unpaired) electrons. The average molecular weight is 282 g/mol. The smallest absolute Gasteiger partial charge is 0.238 e. The molecule has 2 heterocycles. The summed E-state index contributed by atoms with van der Waals surface area (Å²) in [4.78, 5) is 8.51. The molecule has 0 spiro atoms. The predicted molar refractivity (Wildman–Crippen MR) is 73.2 cm³/mol. The molecule has 0 amide bonds. The van der Waals surface area contributed by atoms with E-state index in [1.165, 1.54) is 11.8 Å². The van der Waals surface area contributed by atoms with Crippen LogP contribution in [0.1, 0.15) is 6.92 Å². The molecule has 0 aliphatic carbocycles. The van der Waals surface area contributed by atoms with E-state index < -0.39 is 0 Å². The van der Waals surface area contributed by atoms with Gasteiger partial charge in [0.05, 0.1) is 17.3 Å². The van der Waals surface area contributed by atoms with Crippen LogP contribution < -0.4 is 10.5 Å². The summed E-state index contributed by atoms with van der Waals surface area (Å²) in [6.07, 6.45) is 1.69. The Bertz CT molecular complexity index is 551. The topological polar surface area (TPSA) is 61.0 Å². The minimum atomic E-state index is 0.439. The van der Waals surface area contributed by atoms with Gasteiger partial charge in [-0.15, -0.1) is 0 Å². The van der Waals surface area contributed by atoms with Crippen molar-refractivity contribution in [1.82, 2.24) is 9.97 Å². The molecule has 2 aromatic heterocycles. The van der Waals surface area contributed by atoms with E-state index >= 15 is 0 Å². The number of rotatable bonds is 4. The summed E-state index contributed by atoms with van der Waals surface area (Å²) in [7, 11) is 0. The standard InChI is InChI=1S/C12H12ClN3OS/c1-2-17-11-9(14)5-6-10(16-11)18-12-8(13)4-3-7-15-12/h3-7H,2,14H2,1H3. The number of aromatic nitrogens is 2. The van der Waals surface area contributed by atoms with E-state index in [-0.39, 0.29) is 0 Å². The Morgan fingerprint density at radius 1 is 1.39 bits per heavy atom. The molecule has 0 bridgehead atoms. The van der Waals surface area contributed by atoms with Gasteiger partial charge in [0.15, 0.2) is 0 Å². The van der Waals surface area contributed by atoms with Crippen LogP contribution >= 0.6 is 23.4 Å². The first-order valence-electron chi connectivity index (χ1n) is 5.38. The van der Waals surface area contributed by atoms with Crippen LogP contribution in [0.5, 0.6) is 5.88 Å². The lowest BCUT2D eigenvalue weighted by Gasteiger charge is -2.07. The zero-order valence-electron chi connectivity index (χ0n) is 9.76. The molecule has 18 heavy (non-hydrogen) atoms. The first-order valence-corrected chi connectivity index (χ1v) is 6.58. The highest BCUT2D eigenvalue weighted by molar-refractivity contribution is 7.99. The van der Waals surface area contributed by atoms with Crippen molar-refractivity contribution in [3.63, 3.8) is 0 Å². The molecule has 0 atom stereocenters. The van der Waals surface area contributed by atoms with Gasteiger partial charge in [-0.2, -0.15) is 0 Å². The van der Waals surface area contributed by atoms with E-state index in [9.17, 15) is 0 Å². The highest BCUT2D eigenvalue weighted by atomic mass is 35.5. The van der Waals surface area contributed by atoms with Crippen LogP contribution in [0.15, 0.2) is 40.5 Å². The van der Waals surface area contributed by atoms with Crippen LogP contribution in [0.2, 0.25) is 5.02 Å². The van der Waals surface area contributed by atoms with Crippen molar-refractivity contribution in [2.24, 2.45) is 0 Å². The summed E-state index contributed by atoms with van der Waals surface area (Å²) in [5, 5.41) is 2.05. The third-order valence-corrected chi connectivity index (χ3v) is 3.44. The maximum Gasteiger partial charge on any atom is 0.238 e. The van der Waals surface area contributed by atoms with E-state index in [4.69, 9.17) is 22.1 Å². The molecule has 2 aromatic rings. The number of ether oxygens (including phenoxy) is 1. The average Bonchev–Trinajstić information content (AvgIpc) is 2.36. The minimum Gasteiger partial charge on any atom is -0.476 e. The van der Waals surface area contributed by atoms with Crippen LogP contribution in [-0.2, 0) is 0 Å². The van der Waals surface area contributed by atoms with Crippen LogP contribution in [-0.4, -0.2) is 16.6 Å². The lowest BCUT2D eigenvalue weighted by Crippen LogP contribution is -1.99. The Morgan fingerprint density at radius 2 is 2.22 bits per heavy atom. The predicted octanol–water partition coefficient (Wildman–Crippen LogP) is 3.26.